The zero-order valence-corrected chi connectivity index (χ0v) is 37.0. The number of rotatable bonds is 4. The summed E-state index contributed by atoms with van der Waals surface area (Å²) in [6.07, 6.45) is 0. The van der Waals surface area contributed by atoms with Crippen molar-refractivity contribution in [2.75, 3.05) is 4.90 Å². The molecule has 12 aromatic rings. The van der Waals surface area contributed by atoms with E-state index in [0.717, 1.165) is 94.3 Å². The molecule has 0 fully saturated rings. The van der Waals surface area contributed by atoms with Gasteiger partial charge in [0.15, 0.2) is 0 Å². The van der Waals surface area contributed by atoms with Crippen LogP contribution in [0, 0.1) is 22.7 Å². The molecule has 6 heteroatoms. The van der Waals surface area contributed by atoms with Crippen LogP contribution in [0.5, 0.6) is 11.5 Å². The van der Waals surface area contributed by atoms with Gasteiger partial charge in [-0.15, -0.1) is 0 Å². The molecule has 0 saturated carbocycles. The van der Waals surface area contributed by atoms with Gasteiger partial charge in [0.05, 0.1) is 67.0 Å². The van der Waals surface area contributed by atoms with Crippen molar-refractivity contribution in [3.63, 3.8) is 0 Å². The van der Waals surface area contributed by atoms with E-state index in [0.29, 0.717) is 33.8 Å². The summed E-state index contributed by atoms with van der Waals surface area (Å²) >= 11 is 0. The third kappa shape index (κ3) is 5.12. The van der Waals surface area contributed by atoms with Crippen LogP contribution >= 0.6 is 0 Å². The molecule has 0 saturated heterocycles. The minimum Gasteiger partial charge on any atom is -0.457 e. The number of anilines is 3. The predicted octanol–water partition coefficient (Wildman–Crippen LogP) is 15.6. The number of nitriles is 2. The molecule has 1 spiro atoms. The van der Waals surface area contributed by atoms with Gasteiger partial charge in [-0.25, -0.2) is 0 Å². The lowest BCUT2D eigenvalue weighted by Crippen LogP contribution is -2.40. The highest BCUT2D eigenvalue weighted by atomic mass is 16.5. The van der Waals surface area contributed by atoms with Gasteiger partial charge in [-0.2, -0.15) is 10.5 Å². The van der Waals surface area contributed by atoms with Crippen LogP contribution in [-0.4, -0.2) is 9.13 Å². The zero-order chi connectivity index (χ0) is 45.8. The summed E-state index contributed by atoms with van der Waals surface area (Å²) in [6.45, 7) is 0. The highest BCUT2D eigenvalue weighted by molar-refractivity contribution is 6.14. The molecule has 0 N–H and O–H groups in total. The van der Waals surface area contributed by atoms with Crippen LogP contribution in [0.4, 0.5) is 17.1 Å². The monoisotopic (exact) mass is 879 g/mol. The molecule has 10 aromatic carbocycles. The third-order valence-corrected chi connectivity index (χ3v) is 14.4. The van der Waals surface area contributed by atoms with Crippen LogP contribution in [0.1, 0.15) is 33.4 Å². The lowest BCUT2D eigenvalue weighted by molar-refractivity contribution is 0.434. The Bertz CT molecular complexity index is 3870. The topological polar surface area (TPSA) is 69.9 Å². The minimum absolute atomic E-state index is 0.390. The van der Waals surface area contributed by atoms with Crippen molar-refractivity contribution in [2.45, 2.75) is 5.41 Å². The number of hydrogen-bond donors (Lipinski definition) is 0. The summed E-state index contributed by atoms with van der Waals surface area (Å²) in [7, 11) is 0. The van der Waals surface area contributed by atoms with Gasteiger partial charge in [-0.1, -0.05) is 176 Å². The molecule has 6 nitrogen and oxygen atoms in total. The van der Waals surface area contributed by atoms with Crippen molar-refractivity contribution in [1.29, 1.82) is 10.5 Å². The largest absolute Gasteiger partial charge is 0.457 e. The number of para-hydroxylation sites is 8. The van der Waals surface area contributed by atoms with Crippen LogP contribution in [0.2, 0.25) is 0 Å². The van der Waals surface area contributed by atoms with Gasteiger partial charge in [0.1, 0.15) is 23.6 Å². The van der Waals surface area contributed by atoms with E-state index in [4.69, 9.17) is 4.74 Å². The van der Waals surface area contributed by atoms with E-state index in [1.807, 2.05) is 42.5 Å². The summed E-state index contributed by atoms with van der Waals surface area (Å²) in [6, 6.07) is 83.3. The molecule has 0 bridgehead atoms. The lowest BCUT2D eigenvalue weighted by atomic mass is 9.61. The van der Waals surface area contributed by atoms with E-state index >= 15 is 0 Å². The lowest BCUT2D eigenvalue weighted by Gasteiger charge is -2.49. The number of fused-ring (bicyclic) bond motifs is 14. The van der Waals surface area contributed by atoms with Crippen molar-refractivity contribution >= 4 is 60.7 Å². The molecule has 14 rings (SSSR count). The first-order valence-corrected chi connectivity index (χ1v) is 23.1. The normalized spacial score (nSPS) is 13.1. The van der Waals surface area contributed by atoms with E-state index < -0.39 is 5.41 Å². The first kappa shape index (κ1) is 38.6. The van der Waals surface area contributed by atoms with Crippen molar-refractivity contribution in [3.05, 3.63) is 258 Å². The van der Waals surface area contributed by atoms with E-state index in [-0.39, 0.29) is 0 Å². The highest BCUT2D eigenvalue weighted by Gasteiger charge is 2.52. The van der Waals surface area contributed by atoms with Gasteiger partial charge in [0.2, 0.25) is 0 Å². The Balaban J connectivity index is 1.26. The molecule has 0 radical (unpaired) electrons. The molecule has 0 aliphatic carbocycles. The third-order valence-electron chi connectivity index (χ3n) is 14.4. The van der Waals surface area contributed by atoms with Crippen LogP contribution in [0.25, 0.3) is 66.1 Å². The maximum Gasteiger partial charge on any atom is 0.132 e. The molecule has 4 heterocycles. The number of aromatic nitrogens is 2. The number of benzene rings is 10. The number of hydrogen-bond acceptors (Lipinski definition) is 4. The second-order valence-electron chi connectivity index (χ2n) is 17.7. The molecular formula is C63H37N5O. The molecule has 0 atom stereocenters. The molecule has 2 aliphatic rings. The molecule has 0 unspecified atom stereocenters. The Hall–Kier alpha value is -9.62. The van der Waals surface area contributed by atoms with Gasteiger partial charge in [-0.3, -0.25) is 0 Å². The fourth-order valence-electron chi connectivity index (χ4n) is 11.9. The summed E-state index contributed by atoms with van der Waals surface area (Å²) in [5, 5.41) is 28.4. The maximum absolute atomic E-state index is 12.1. The smallest absolute Gasteiger partial charge is 0.132 e. The zero-order valence-electron chi connectivity index (χ0n) is 37.0. The van der Waals surface area contributed by atoms with Gasteiger partial charge in [0.25, 0.3) is 0 Å². The summed E-state index contributed by atoms with van der Waals surface area (Å²) in [5.74, 6) is 1.58. The molecule has 69 heavy (non-hydrogen) atoms. The quantitative estimate of drug-likeness (QED) is 0.177. The number of ether oxygens (including phenoxy) is 1. The molecular weight excluding hydrogens is 843 g/mol. The first-order chi connectivity index (χ1) is 34.2. The van der Waals surface area contributed by atoms with Gasteiger partial charge in [-0.05, 0) is 65.2 Å². The fraction of sp³-hybridized carbons (Fsp3) is 0.0159. The SMILES string of the molecule is N#Cc1c(-c2ccccc2)c(C#N)c(-n2c3ccccc3c3ccccc32)c(N2c3ccccc3C3(c4ccccc4Oc4ccccc43)c3ccccc32)c1-n1c2ccccc2c2ccccc21. The molecule has 320 valence electrons. The summed E-state index contributed by atoms with van der Waals surface area (Å²) < 4.78 is 11.3. The summed E-state index contributed by atoms with van der Waals surface area (Å²) in [5.41, 5.74) is 13.0. The van der Waals surface area contributed by atoms with E-state index in [9.17, 15) is 10.5 Å². The highest BCUT2D eigenvalue weighted by Crippen LogP contribution is 2.64. The van der Waals surface area contributed by atoms with Gasteiger partial charge >= 0.3 is 0 Å². The van der Waals surface area contributed by atoms with E-state index in [2.05, 4.69) is 208 Å². The van der Waals surface area contributed by atoms with Crippen molar-refractivity contribution in [2.24, 2.45) is 0 Å². The Labute approximate surface area is 397 Å². The fourth-order valence-corrected chi connectivity index (χ4v) is 11.9. The minimum atomic E-state index is -0.824. The van der Waals surface area contributed by atoms with Gasteiger partial charge in [0, 0.05) is 38.2 Å². The number of nitrogens with zero attached hydrogens (tertiary/aromatic N) is 5. The van der Waals surface area contributed by atoms with Crippen LogP contribution in [0.15, 0.2) is 224 Å². The van der Waals surface area contributed by atoms with Crippen molar-refractivity contribution < 1.29 is 4.74 Å². The average Bonchev–Trinajstić information content (AvgIpc) is 3.93. The summed E-state index contributed by atoms with van der Waals surface area (Å²) in [4.78, 5) is 2.35. The van der Waals surface area contributed by atoms with Crippen molar-refractivity contribution in [3.8, 4) is 46.1 Å². The Kier molecular flexibility index (Phi) is 8.23. The molecule has 2 aliphatic heterocycles. The Morgan fingerprint density at radius 2 is 0.696 bits per heavy atom. The van der Waals surface area contributed by atoms with E-state index in [1.165, 1.54) is 0 Å². The van der Waals surface area contributed by atoms with Gasteiger partial charge < -0.3 is 18.8 Å². The molecule has 2 aromatic heterocycles. The van der Waals surface area contributed by atoms with Crippen molar-refractivity contribution in [1.82, 2.24) is 9.13 Å². The standard InChI is InChI=1S/C63H37N5O/c64-38-45-59(40-20-2-1-3-21-40)46(39-65)61(67-53-32-14-6-24-43(53)44-25-7-15-33-54(44)67)62(60(45)66-51-30-12-4-22-41(51)42-23-5-13-31-52(42)66)68-55-34-16-8-26-47(55)63(48-27-9-17-35-56(48)68)49-28-10-18-36-57(49)69-58-37-19-11-29-50(58)63/h1-37H. The van der Waals surface area contributed by atoms with E-state index in [1.54, 1.807) is 0 Å². The Morgan fingerprint density at radius 3 is 1.12 bits per heavy atom. The van der Waals surface area contributed by atoms with Crippen LogP contribution < -0.4 is 9.64 Å². The second-order valence-corrected chi connectivity index (χ2v) is 17.7. The average molecular weight is 880 g/mol. The maximum atomic E-state index is 12.1. The van der Waals surface area contributed by atoms with Crippen LogP contribution in [0.3, 0.4) is 0 Å². The first-order valence-electron chi connectivity index (χ1n) is 23.1. The molecule has 0 amide bonds. The predicted molar refractivity (Wildman–Crippen MR) is 277 cm³/mol. The Morgan fingerprint density at radius 1 is 0.348 bits per heavy atom. The second kappa shape index (κ2) is 14.7. The van der Waals surface area contributed by atoms with Crippen LogP contribution in [-0.2, 0) is 5.41 Å².